The van der Waals surface area contributed by atoms with Crippen molar-refractivity contribution in [3.63, 3.8) is 0 Å². The highest BCUT2D eigenvalue weighted by atomic mass is 16.1. The minimum absolute atomic E-state index is 0.111. The SMILES string of the molecule is O=CCC(C=O)C(C=O)Cc1ccccc1. The molecule has 0 fully saturated rings. The van der Waals surface area contributed by atoms with E-state index in [2.05, 4.69) is 0 Å². The van der Waals surface area contributed by atoms with E-state index in [1.54, 1.807) is 0 Å². The first-order valence-corrected chi connectivity index (χ1v) is 5.20. The van der Waals surface area contributed by atoms with Gasteiger partial charge in [-0.15, -0.1) is 0 Å². The smallest absolute Gasteiger partial charge is 0.124 e. The largest absolute Gasteiger partial charge is 0.303 e. The van der Waals surface area contributed by atoms with E-state index in [-0.39, 0.29) is 6.42 Å². The highest BCUT2D eigenvalue weighted by Crippen LogP contribution is 2.16. The van der Waals surface area contributed by atoms with Gasteiger partial charge in [0, 0.05) is 18.3 Å². The molecule has 1 aromatic carbocycles. The van der Waals surface area contributed by atoms with Gasteiger partial charge < -0.3 is 14.4 Å². The lowest BCUT2D eigenvalue weighted by atomic mass is 9.87. The normalized spacial score (nSPS) is 13.8. The third-order valence-corrected chi connectivity index (χ3v) is 2.58. The van der Waals surface area contributed by atoms with Crippen LogP contribution in [0.1, 0.15) is 12.0 Å². The molecule has 2 unspecified atom stereocenters. The molecule has 2 atom stereocenters. The molecular weight excluding hydrogens is 204 g/mol. The molecule has 0 aliphatic carbocycles. The minimum atomic E-state index is -0.504. The standard InChI is InChI=1S/C13H14O3/c14-7-6-12(9-15)13(10-16)8-11-4-2-1-3-5-11/h1-5,7,9-10,12-13H,6,8H2. The molecule has 0 heterocycles. The Morgan fingerprint density at radius 2 is 1.56 bits per heavy atom. The van der Waals surface area contributed by atoms with Crippen LogP contribution in [0.5, 0.6) is 0 Å². The van der Waals surface area contributed by atoms with Gasteiger partial charge in [-0.05, 0) is 12.0 Å². The summed E-state index contributed by atoms with van der Waals surface area (Å²) in [6, 6.07) is 9.46. The van der Waals surface area contributed by atoms with Gasteiger partial charge in [0.15, 0.2) is 0 Å². The van der Waals surface area contributed by atoms with Crippen molar-refractivity contribution in [2.45, 2.75) is 12.8 Å². The van der Waals surface area contributed by atoms with Crippen molar-refractivity contribution in [1.29, 1.82) is 0 Å². The van der Waals surface area contributed by atoms with E-state index in [0.717, 1.165) is 11.8 Å². The fourth-order valence-corrected chi connectivity index (χ4v) is 1.63. The molecule has 16 heavy (non-hydrogen) atoms. The Kier molecular flexibility index (Phi) is 5.12. The molecule has 0 aliphatic heterocycles. The number of hydrogen-bond donors (Lipinski definition) is 0. The van der Waals surface area contributed by atoms with Gasteiger partial charge in [-0.25, -0.2) is 0 Å². The zero-order valence-electron chi connectivity index (χ0n) is 8.91. The monoisotopic (exact) mass is 218 g/mol. The number of carbonyl (C=O) groups excluding carboxylic acids is 3. The Bertz CT molecular complexity index is 345. The van der Waals surface area contributed by atoms with Gasteiger partial charge in [-0.1, -0.05) is 30.3 Å². The summed E-state index contributed by atoms with van der Waals surface area (Å²) >= 11 is 0. The summed E-state index contributed by atoms with van der Waals surface area (Å²) in [4.78, 5) is 32.0. The second-order valence-electron chi connectivity index (χ2n) is 3.69. The van der Waals surface area contributed by atoms with Gasteiger partial charge in [0.2, 0.25) is 0 Å². The first kappa shape index (κ1) is 12.3. The number of rotatable bonds is 7. The first-order valence-electron chi connectivity index (χ1n) is 5.20. The zero-order chi connectivity index (χ0) is 11.8. The number of aldehydes is 3. The summed E-state index contributed by atoms with van der Waals surface area (Å²) in [5, 5.41) is 0. The van der Waals surface area contributed by atoms with Crippen molar-refractivity contribution < 1.29 is 14.4 Å². The zero-order valence-corrected chi connectivity index (χ0v) is 8.91. The highest BCUT2D eigenvalue weighted by Gasteiger charge is 2.20. The maximum atomic E-state index is 10.9. The van der Waals surface area contributed by atoms with Crippen molar-refractivity contribution >= 4 is 18.9 Å². The van der Waals surface area contributed by atoms with Crippen molar-refractivity contribution in [3.05, 3.63) is 35.9 Å². The van der Waals surface area contributed by atoms with Gasteiger partial charge in [-0.2, -0.15) is 0 Å². The van der Waals surface area contributed by atoms with Gasteiger partial charge in [0.25, 0.3) is 0 Å². The van der Waals surface area contributed by atoms with Crippen LogP contribution >= 0.6 is 0 Å². The third kappa shape index (κ3) is 3.42. The predicted octanol–water partition coefficient (Wildman–Crippen LogP) is 1.45. The summed E-state index contributed by atoms with van der Waals surface area (Å²) in [5.74, 6) is -0.916. The molecule has 1 aromatic rings. The van der Waals surface area contributed by atoms with Crippen molar-refractivity contribution in [2.75, 3.05) is 0 Å². The lowest BCUT2D eigenvalue weighted by Gasteiger charge is -2.14. The lowest BCUT2D eigenvalue weighted by Crippen LogP contribution is -2.20. The Labute approximate surface area is 94.5 Å². The molecule has 0 saturated heterocycles. The second kappa shape index (κ2) is 6.67. The molecule has 3 heteroatoms. The van der Waals surface area contributed by atoms with Crippen LogP contribution in [0.15, 0.2) is 30.3 Å². The lowest BCUT2D eigenvalue weighted by molar-refractivity contribution is -0.121. The van der Waals surface area contributed by atoms with E-state index in [4.69, 9.17) is 0 Å². The Morgan fingerprint density at radius 3 is 2.06 bits per heavy atom. The summed E-state index contributed by atoms with van der Waals surface area (Å²) in [7, 11) is 0. The molecule has 0 bridgehead atoms. The molecule has 0 amide bonds. The summed E-state index contributed by atoms with van der Waals surface area (Å²) in [5.41, 5.74) is 0.998. The minimum Gasteiger partial charge on any atom is -0.303 e. The maximum Gasteiger partial charge on any atom is 0.124 e. The van der Waals surface area contributed by atoms with E-state index >= 15 is 0 Å². The van der Waals surface area contributed by atoms with Crippen molar-refractivity contribution in [3.8, 4) is 0 Å². The van der Waals surface area contributed by atoms with Crippen LogP contribution in [-0.4, -0.2) is 18.9 Å². The van der Waals surface area contributed by atoms with E-state index in [1.165, 1.54) is 0 Å². The molecule has 3 nitrogen and oxygen atoms in total. The highest BCUT2D eigenvalue weighted by molar-refractivity contribution is 5.69. The van der Waals surface area contributed by atoms with Crippen molar-refractivity contribution in [2.24, 2.45) is 11.8 Å². The van der Waals surface area contributed by atoms with E-state index < -0.39 is 11.8 Å². The molecule has 84 valence electrons. The maximum absolute atomic E-state index is 10.9. The van der Waals surface area contributed by atoms with Gasteiger partial charge >= 0.3 is 0 Å². The van der Waals surface area contributed by atoms with Crippen LogP contribution in [0.2, 0.25) is 0 Å². The summed E-state index contributed by atoms with van der Waals surface area (Å²) in [6.07, 6.45) is 2.74. The van der Waals surface area contributed by atoms with Gasteiger partial charge in [0.05, 0.1) is 0 Å². The van der Waals surface area contributed by atoms with E-state index in [9.17, 15) is 14.4 Å². The van der Waals surface area contributed by atoms with Crippen LogP contribution in [0, 0.1) is 11.8 Å². The fraction of sp³-hybridized carbons (Fsp3) is 0.308. The molecular formula is C13H14O3. The molecule has 0 radical (unpaired) electrons. The molecule has 0 N–H and O–H groups in total. The van der Waals surface area contributed by atoms with Crippen LogP contribution in [-0.2, 0) is 20.8 Å². The summed E-state index contributed by atoms with van der Waals surface area (Å²) in [6.45, 7) is 0. The number of hydrogen-bond acceptors (Lipinski definition) is 3. The van der Waals surface area contributed by atoms with Crippen LogP contribution < -0.4 is 0 Å². The number of carbonyl (C=O) groups is 3. The average molecular weight is 218 g/mol. The molecule has 0 spiro atoms. The van der Waals surface area contributed by atoms with Gasteiger partial charge in [0.1, 0.15) is 18.9 Å². The topological polar surface area (TPSA) is 51.2 Å². The molecule has 1 rings (SSSR count). The molecule has 0 aromatic heterocycles. The first-order chi connectivity index (χ1) is 7.81. The second-order valence-corrected chi connectivity index (χ2v) is 3.69. The molecule has 0 aliphatic rings. The summed E-state index contributed by atoms with van der Waals surface area (Å²) < 4.78 is 0. The van der Waals surface area contributed by atoms with Crippen molar-refractivity contribution in [1.82, 2.24) is 0 Å². The van der Waals surface area contributed by atoms with E-state index in [0.29, 0.717) is 19.0 Å². The fourth-order valence-electron chi connectivity index (χ4n) is 1.63. The number of benzene rings is 1. The van der Waals surface area contributed by atoms with Crippen LogP contribution in [0.4, 0.5) is 0 Å². The molecule has 0 saturated carbocycles. The predicted molar refractivity (Wildman–Crippen MR) is 59.9 cm³/mol. The Balaban J connectivity index is 2.70. The van der Waals surface area contributed by atoms with Crippen LogP contribution in [0.25, 0.3) is 0 Å². The Morgan fingerprint density at radius 1 is 0.938 bits per heavy atom. The quantitative estimate of drug-likeness (QED) is 0.651. The van der Waals surface area contributed by atoms with Crippen LogP contribution in [0.3, 0.4) is 0 Å². The Hall–Kier alpha value is -1.77. The van der Waals surface area contributed by atoms with E-state index in [1.807, 2.05) is 30.3 Å². The third-order valence-electron chi connectivity index (χ3n) is 2.58. The van der Waals surface area contributed by atoms with Gasteiger partial charge in [-0.3, -0.25) is 0 Å². The average Bonchev–Trinajstić information content (AvgIpc) is 2.35.